The Hall–Kier alpha value is -2.45. The fourth-order valence-corrected chi connectivity index (χ4v) is 6.08. The average molecular weight is 523 g/mol. The molecule has 1 aromatic carbocycles. The minimum absolute atomic E-state index is 0.0111. The van der Waals surface area contributed by atoms with Gasteiger partial charge < -0.3 is 25.2 Å². The molecule has 2 aromatic rings. The summed E-state index contributed by atoms with van der Waals surface area (Å²) in [6.07, 6.45) is 12.0. The highest BCUT2D eigenvalue weighted by Gasteiger charge is 2.34. The maximum Gasteiger partial charge on any atom is 0.232 e. The predicted octanol–water partition coefficient (Wildman–Crippen LogP) is 5.27. The Balaban J connectivity index is 1.32. The quantitative estimate of drug-likeness (QED) is 0.498. The van der Waals surface area contributed by atoms with E-state index in [1.54, 1.807) is 0 Å². The second-order valence-corrected chi connectivity index (χ2v) is 11.2. The normalized spacial score (nSPS) is 20.5. The predicted molar refractivity (Wildman–Crippen MR) is 156 cm³/mol. The van der Waals surface area contributed by atoms with Crippen molar-refractivity contribution in [3.63, 3.8) is 0 Å². The Morgan fingerprint density at radius 2 is 1.35 bits per heavy atom. The van der Waals surface area contributed by atoms with Gasteiger partial charge in [-0.25, -0.2) is 0 Å². The van der Waals surface area contributed by atoms with Crippen molar-refractivity contribution in [1.29, 1.82) is 0 Å². The van der Waals surface area contributed by atoms with E-state index in [9.17, 15) is 0 Å². The molecule has 200 valence electrons. The summed E-state index contributed by atoms with van der Waals surface area (Å²) >= 11 is 5.79. The number of anilines is 3. The smallest absolute Gasteiger partial charge is 0.232 e. The van der Waals surface area contributed by atoms with Crippen LogP contribution in [0.15, 0.2) is 36.4 Å². The molecule has 3 saturated heterocycles. The standard InChI is InChI=1S/C29H42N6OS/c37-28(30-23-29(14-20-36-21-15-29)24-12-6-5-7-13-24)33-27-31-25(34-16-8-1-2-9-17-34)22-26(32-27)35-18-10-3-4-11-19-35/h5-7,12-13,22H,1-4,8-11,14-21,23H2,(H2,30,31,32,33,37). The second kappa shape index (κ2) is 12.9. The van der Waals surface area contributed by atoms with Gasteiger partial charge in [-0.2, -0.15) is 9.97 Å². The zero-order valence-electron chi connectivity index (χ0n) is 22.1. The fourth-order valence-electron chi connectivity index (χ4n) is 5.92. The number of nitrogens with one attached hydrogen (secondary N) is 2. The fraction of sp³-hybridized carbons (Fsp3) is 0.621. The lowest BCUT2D eigenvalue weighted by Gasteiger charge is -2.38. The molecule has 3 fully saturated rings. The molecule has 7 nitrogen and oxygen atoms in total. The molecule has 2 N–H and O–H groups in total. The molecule has 0 unspecified atom stereocenters. The van der Waals surface area contributed by atoms with Crippen molar-refractivity contribution < 1.29 is 4.74 Å². The van der Waals surface area contributed by atoms with E-state index < -0.39 is 0 Å². The Kier molecular flexibility index (Phi) is 9.10. The van der Waals surface area contributed by atoms with Crippen LogP contribution in [0.4, 0.5) is 17.6 Å². The zero-order chi connectivity index (χ0) is 25.3. The van der Waals surface area contributed by atoms with Crippen LogP contribution in [0.1, 0.15) is 69.8 Å². The van der Waals surface area contributed by atoms with Crippen molar-refractivity contribution in [2.75, 3.05) is 61.1 Å². The van der Waals surface area contributed by atoms with Crippen LogP contribution in [0.2, 0.25) is 0 Å². The number of thiocarbonyl (C=S) groups is 1. The van der Waals surface area contributed by atoms with Gasteiger partial charge in [0.15, 0.2) is 5.11 Å². The highest BCUT2D eigenvalue weighted by molar-refractivity contribution is 7.80. The van der Waals surface area contributed by atoms with Gasteiger partial charge in [0.1, 0.15) is 11.6 Å². The first-order valence-corrected chi connectivity index (χ1v) is 14.7. The van der Waals surface area contributed by atoms with Crippen LogP contribution in [0.25, 0.3) is 0 Å². The van der Waals surface area contributed by atoms with Crippen molar-refractivity contribution in [2.45, 2.75) is 69.6 Å². The Morgan fingerprint density at radius 1 is 0.811 bits per heavy atom. The van der Waals surface area contributed by atoms with Crippen molar-refractivity contribution in [1.82, 2.24) is 15.3 Å². The SMILES string of the molecule is S=C(NCC1(c2ccccc2)CCOCC1)Nc1nc(N2CCCCCC2)cc(N2CCCCCC2)n1. The van der Waals surface area contributed by atoms with Crippen LogP contribution in [0.3, 0.4) is 0 Å². The summed E-state index contributed by atoms with van der Waals surface area (Å²) in [5.41, 5.74) is 1.36. The van der Waals surface area contributed by atoms with E-state index in [0.29, 0.717) is 11.1 Å². The van der Waals surface area contributed by atoms with Crippen LogP contribution >= 0.6 is 12.2 Å². The first kappa shape index (κ1) is 26.2. The average Bonchev–Trinajstić information content (AvgIpc) is 3.39. The van der Waals surface area contributed by atoms with Crippen molar-refractivity contribution in [3.8, 4) is 0 Å². The molecule has 0 atom stereocenters. The first-order valence-electron chi connectivity index (χ1n) is 14.3. The lowest BCUT2D eigenvalue weighted by atomic mass is 9.74. The van der Waals surface area contributed by atoms with Crippen LogP contribution in [0.5, 0.6) is 0 Å². The third-order valence-corrected chi connectivity index (χ3v) is 8.45. The van der Waals surface area contributed by atoms with E-state index in [1.165, 1.54) is 56.9 Å². The number of benzene rings is 1. The van der Waals surface area contributed by atoms with Crippen LogP contribution in [0, 0.1) is 0 Å². The molecule has 0 bridgehead atoms. The molecule has 4 heterocycles. The second-order valence-electron chi connectivity index (χ2n) is 10.8. The van der Waals surface area contributed by atoms with Gasteiger partial charge in [-0.15, -0.1) is 0 Å². The molecule has 0 amide bonds. The third-order valence-electron chi connectivity index (χ3n) is 8.21. The lowest BCUT2D eigenvalue weighted by Crippen LogP contribution is -2.45. The van der Waals surface area contributed by atoms with Crippen molar-refractivity contribution >= 4 is 34.9 Å². The summed E-state index contributed by atoms with van der Waals surface area (Å²) in [6, 6.07) is 13.0. The van der Waals surface area contributed by atoms with E-state index in [-0.39, 0.29) is 5.41 Å². The van der Waals surface area contributed by atoms with Gasteiger partial charge in [0.05, 0.1) is 0 Å². The molecular formula is C29H42N6OS. The molecule has 8 heteroatoms. The van der Waals surface area contributed by atoms with Crippen molar-refractivity contribution in [3.05, 3.63) is 42.0 Å². The first-order chi connectivity index (χ1) is 18.2. The number of hydrogen-bond donors (Lipinski definition) is 2. The van der Waals surface area contributed by atoms with Gasteiger partial charge in [0.25, 0.3) is 0 Å². The Morgan fingerprint density at radius 3 is 1.89 bits per heavy atom. The van der Waals surface area contributed by atoms with Gasteiger partial charge in [-0.3, -0.25) is 0 Å². The maximum atomic E-state index is 5.79. The zero-order valence-corrected chi connectivity index (χ0v) is 22.9. The molecule has 1 aromatic heterocycles. The lowest BCUT2D eigenvalue weighted by molar-refractivity contribution is 0.0515. The summed E-state index contributed by atoms with van der Waals surface area (Å²) in [5, 5.41) is 7.45. The van der Waals surface area contributed by atoms with Gasteiger partial charge in [0.2, 0.25) is 5.95 Å². The highest BCUT2D eigenvalue weighted by Crippen LogP contribution is 2.34. The van der Waals surface area contributed by atoms with Gasteiger partial charge >= 0.3 is 0 Å². The van der Waals surface area contributed by atoms with E-state index in [0.717, 1.165) is 70.4 Å². The van der Waals surface area contributed by atoms with Crippen LogP contribution < -0.4 is 20.4 Å². The minimum Gasteiger partial charge on any atom is -0.381 e. The van der Waals surface area contributed by atoms with E-state index in [4.69, 9.17) is 26.9 Å². The molecule has 0 aliphatic carbocycles. The molecule has 37 heavy (non-hydrogen) atoms. The molecule has 0 spiro atoms. The topological polar surface area (TPSA) is 65.6 Å². The monoisotopic (exact) mass is 522 g/mol. The number of rotatable bonds is 6. The summed E-state index contributed by atoms with van der Waals surface area (Å²) in [7, 11) is 0. The van der Waals surface area contributed by atoms with E-state index in [2.05, 4.69) is 56.8 Å². The summed E-state index contributed by atoms with van der Waals surface area (Å²) in [4.78, 5) is 14.8. The molecule has 0 saturated carbocycles. The Labute approximate surface area is 227 Å². The molecule has 3 aliphatic rings. The van der Waals surface area contributed by atoms with Gasteiger partial charge in [-0.05, 0) is 56.3 Å². The largest absolute Gasteiger partial charge is 0.381 e. The van der Waals surface area contributed by atoms with E-state index in [1.807, 2.05) is 0 Å². The van der Waals surface area contributed by atoms with E-state index >= 15 is 0 Å². The molecule has 3 aliphatic heterocycles. The van der Waals surface area contributed by atoms with Gasteiger partial charge in [-0.1, -0.05) is 56.0 Å². The highest BCUT2D eigenvalue weighted by atomic mass is 32.1. The van der Waals surface area contributed by atoms with Crippen LogP contribution in [-0.2, 0) is 10.2 Å². The Bertz CT molecular complexity index is 958. The molecule has 5 rings (SSSR count). The van der Waals surface area contributed by atoms with Gasteiger partial charge in [0, 0.05) is 57.4 Å². The van der Waals surface area contributed by atoms with Crippen molar-refractivity contribution in [2.24, 2.45) is 0 Å². The minimum atomic E-state index is 0.0111. The molecule has 0 radical (unpaired) electrons. The number of ether oxygens (including phenoxy) is 1. The number of aromatic nitrogens is 2. The summed E-state index contributed by atoms with van der Waals surface area (Å²) in [6.45, 7) is 6.53. The number of hydrogen-bond acceptors (Lipinski definition) is 6. The maximum absolute atomic E-state index is 5.79. The third kappa shape index (κ3) is 6.90. The number of nitrogens with zero attached hydrogens (tertiary/aromatic N) is 4. The van der Waals surface area contributed by atoms with Crippen LogP contribution in [-0.4, -0.2) is 61.0 Å². The summed E-state index contributed by atoms with van der Waals surface area (Å²) < 4.78 is 5.70. The summed E-state index contributed by atoms with van der Waals surface area (Å²) in [5.74, 6) is 2.64. The molecular weight excluding hydrogens is 480 g/mol.